The summed E-state index contributed by atoms with van der Waals surface area (Å²) in [6.07, 6.45) is 8.01. The van der Waals surface area contributed by atoms with Crippen LogP contribution in [0.25, 0.3) is 0 Å². The third-order valence-corrected chi connectivity index (χ3v) is 6.81. The number of imide groups is 1. The molecule has 2 spiro atoms. The molecule has 3 aliphatic rings. The van der Waals surface area contributed by atoms with Gasteiger partial charge < -0.3 is 10.1 Å². The van der Waals surface area contributed by atoms with Crippen LogP contribution >= 0.6 is 0 Å². The van der Waals surface area contributed by atoms with Crippen LogP contribution in [-0.2, 0) is 27.9 Å². The normalized spacial score (nSPS) is 32.8. The second-order valence-electron chi connectivity index (χ2n) is 8.15. The van der Waals surface area contributed by atoms with E-state index in [0.717, 1.165) is 56.9 Å². The Hall–Kier alpha value is -1.88. The van der Waals surface area contributed by atoms with Crippen LogP contribution in [0.3, 0.4) is 0 Å². The van der Waals surface area contributed by atoms with E-state index in [1.807, 2.05) is 0 Å². The van der Waals surface area contributed by atoms with Crippen LogP contribution < -0.4 is 10.6 Å². The van der Waals surface area contributed by atoms with Crippen molar-refractivity contribution in [1.29, 1.82) is 0 Å². The molecule has 3 amide bonds. The van der Waals surface area contributed by atoms with Crippen LogP contribution in [0.5, 0.6) is 0 Å². The zero-order chi connectivity index (χ0) is 18.4. The number of hydrogen-bond acceptors (Lipinski definition) is 3. The van der Waals surface area contributed by atoms with Crippen LogP contribution in [-0.4, -0.2) is 25.2 Å². The fraction of sp³-hybridized carbons (Fsp3) is 0.619. The molecule has 5 heteroatoms. The summed E-state index contributed by atoms with van der Waals surface area (Å²) in [4.78, 5) is 25.3. The highest BCUT2D eigenvalue weighted by Crippen LogP contribution is 2.59. The number of carbonyl (C=O) groups is 2. The van der Waals surface area contributed by atoms with Crippen LogP contribution in [0.1, 0.15) is 62.1 Å². The Morgan fingerprint density at radius 3 is 2.62 bits per heavy atom. The van der Waals surface area contributed by atoms with Crippen LogP contribution in [0.2, 0.25) is 0 Å². The first kappa shape index (κ1) is 17.5. The predicted octanol–water partition coefficient (Wildman–Crippen LogP) is 3.20. The SMILES string of the molecule is CCCCc1ccc2c(c1)C1(NC(=O)NC1=O)C1(CCC(OC)CC1)C2. The minimum atomic E-state index is -0.916. The zero-order valence-electron chi connectivity index (χ0n) is 15.7. The summed E-state index contributed by atoms with van der Waals surface area (Å²) in [6.45, 7) is 2.18. The molecule has 1 atom stereocenters. The van der Waals surface area contributed by atoms with Gasteiger partial charge in [0.2, 0.25) is 0 Å². The maximum atomic E-state index is 13.1. The van der Waals surface area contributed by atoms with E-state index in [1.54, 1.807) is 7.11 Å². The van der Waals surface area contributed by atoms with Crippen molar-refractivity contribution >= 4 is 11.9 Å². The van der Waals surface area contributed by atoms with Gasteiger partial charge in [0.15, 0.2) is 5.54 Å². The van der Waals surface area contributed by atoms with Gasteiger partial charge in [0.25, 0.3) is 5.91 Å². The molecule has 1 saturated carbocycles. The number of unbranched alkanes of at least 4 members (excludes halogenated alkanes) is 1. The van der Waals surface area contributed by atoms with E-state index in [2.05, 4.69) is 35.8 Å². The van der Waals surface area contributed by atoms with Gasteiger partial charge in [-0.25, -0.2) is 4.79 Å². The fourth-order valence-electron chi connectivity index (χ4n) is 5.40. The Morgan fingerprint density at radius 2 is 2.00 bits per heavy atom. The molecule has 0 aromatic heterocycles. The number of benzene rings is 1. The quantitative estimate of drug-likeness (QED) is 0.814. The first-order valence-corrected chi connectivity index (χ1v) is 9.83. The summed E-state index contributed by atoms with van der Waals surface area (Å²) >= 11 is 0. The van der Waals surface area contributed by atoms with Gasteiger partial charge in [-0.05, 0) is 61.6 Å². The van der Waals surface area contributed by atoms with Crippen molar-refractivity contribution < 1.29 is 14.3 Å². The molecule has 0 bridgehead atoms. The van der Waals surface area contributed by atoms with Crippen molar-refractivity contribution in [2.24, 2.45) is 5.41 Å². The average Bonchev–Trinajstić information content (AvgIpc) is 3.09. The molecule has 2 N–H and O–H groups in total. The summed E-state index contributed by atoms with van der Waals surface area (Å²) in [5.74, 6) is -0.176. The number of ether oxygens (including phenoxy) is 1. The molecule has 5 nitrogen and oxygen atoms in total. The van der Waals surface area contributed by atoms with Crippen LogP contribution in [0, 0.1) is 5.41 Å². The number of carbonyl (C=O) groups excluding carboxylic acids is 2. The van der Waals surface area contributed by atoms with E-state index in [-0.39, 0.29) is 23.5 Å². The number of fused-ring (bicyclic) bond motifs is 3. The molecular formula is C21H28N2O3. The zero-order valence-corrected chi connectivity index (χ0v) is 15.7. The van der Waals surface area contributed by atoms with E-state index in [0.29, 0.717) is 0 Å². The second-order valence-corrected chi connectivity index (χ2v) is 8.15. The average molecular weight is 356 g/mol. The molecule has 2 aliphatic carbocycles. The lowest BCUT2D eigenvalue weighted by Crippen LogP contribution is -2.56. The molecule has 1 unspecified atom stereocenters. The van der Waals surface area contributed by atoms with Crippen LogP contribution in [0.4, 0.5) is 4.79 Å². The summed E-state index contributed by atoms with van der Waals surface area (Å²) in [5.41, 5.74) is 2.31. The Morgan fingerprint density at radius 1 is 1.23 bits per heavy atom. The topological polar surface area (TPSA) is 67.4 Å². The molecule has 26 heavy (non-hydrogen) atoms. The van der Waals surface area contributed by atoms with Crippen LogP contribution in [0.15, 0.2) is 18.2 Å². The Balaban J connectivity index is 1.78. The first-order chi connectivity index (χ1) is 12.5. The molecule has 1 aliphatic heterocycles. The monoisotopic (exact) mass is 356 g/mol. The molecule has 1 aromatic rings. The molecule has 1 heterocycles. The molecule has 1 aromatic carbocycles. The molecule has 4 rings (SSSR count). The van der Waals surface area contributed by atoms with Crippen molar-refractivity contribution in [2.75, 3.05) is 7.11 Å². The Kier molecular flexibility index (Phi) is 4.30. The highest BCUT2D eigenvalue weighted by molar-refractivity contribution is 6.08. The smallest absolute Gasteiger partial charge is 0.322 e. The molecule has 0 radical (unpaired) electrons. The Bertz CT molecular complexity index is 737. The van der Waals surface area contributed by atoms with E-state index in [4.69, 9.17) is 4.74 Å². The maximum Gasteiger partial charge on any atom is 0.322 e. The van der Waals surface area contributed by atoms with Crippen molar-refractivity contribution in [1.82, 2.24) is 10.6 Å². The number of rotatable bonds is 4. The number of urea groups is 1. The summed E-state index contributed by atoms with van der Waals surface area (Å²) in [5, 5.41) is 5.60. The fourth-order valence-corrected chi connectivity index (χ4v) is 5.40. The lowest BCUT2D eigenvalue weighted by Gasteiger charge is -2.46. The minimum absolute atomic E-state index is 0.176. The third kappa shape index (κ3) is 2.40. The summed E-state index contributed by atoms with van der Waals surface area (Å²) in [6, 6.07) is 6.18. The summed E-state index contributed by atoms with van der Waals surface area (Å²) < 4.78 is 5.55. The minimum Gasteiger partial charge on any atom is -0.381 e. The maximum absolute atomic E-state index is 13.1. The second kappa shape index (κ2) is 6.38. The number of aryl methyl sites for hydroxylation is 1. The van der Waals surface area contributed by atoms with E-state index in [1.165, 1.54) is 11.1 Å². The van der Waals surface area contributed by atoms with Gasteiger partial charge in [-0.15, -0.1) is 0 Å². The predicted molar refractivity (Wildman–Crippen MR) is 98.8 cm³/mol. The van der Waals surface area contributed by atoms with E-state index >= 15 is 0 Å². The van der Waals surface area contributed by atoms with Gasteiger partial charge in [-0.3, -0.25) is 10.1 Å². The lowest BCUT2D eigenvalue weighted by molar-refractivity contribution is -0.131. The van der Waals surface area contributed by atoms with E-state index in [9.17, 15) is 9.59 Å². The number of hydrogen-bond donors (Lipinski definition) is 2. The number of methoxy groups -OCH3 is 1. The van der Waals surface area contributed by atoms with Gasteiger partial charge in [-0.1, -0.05) is 31.5 Å². The molecule has 2 fully saturated rings. The highest BCUT2D eigenvalue weighted by atomic mass is 16.5. The van der Waals surface area contributed by atoms with Gasteiger partial charge in [-0.2, -0.15) is 0 Å². The number of nitrogens with one attached hydrogen (secondary N) is 2. The van der Waals surface area contributed by atoms with Gasteiger partial charge in [0, 0.05) is 12.5 Å². The van der Waals surface area contributed by atoms with Gasteiger partial charge in [0.05, 0.1) is 6.10 Å². The lowest BCUT2D eigenvalue weighted by atomic mass is 9.61. The van der Waals surface area contributed by atoms with Crippen molar-refractivity contribution in [3.8, 4) is 0 Å². The van der Waals surface area contributed by atoms with Crippen molar-refractivity contribution in [3.05, 3.63) is 34.9 Å². The Labute approximate surface area is 154 Å². The summed E-state index contributed by atoms with van der Waals surface area (Å²) in [7, 11) is 1.76. The number of amides is 3. The van der Waals surface area contributed by atoms with Crippen molar-refractivity contribution in [3.63, 3.8) is 0 Å². The van der Waals surface area contributed by atoms with E-state index < -0.39 is 5.54 Å². The van der Waals surface area contributed by atoms with Crippen molar-refractivity contribution in [2.45, 2.75) is 69.9 Å². The highest BCUT2D eigenvalue weighted by Gasteiger charge is 2.66. The van der Waals surface area contributed by atoms with Gasteiger partial charge >= 0.3 is 6.03 Å². The first-order valence-electron chi connectivity index (χ1n) is 9.83. The molecule has 140 valence electrons. The molecular weight excluding hydrogens is 328 g/mol. The van der Waals surface area contributed by atoms with Gasteiger partial charge in [0.1, 0.15) is 0 Å². The largest absolute Gasteiger partial charge is 0.381 e. The molecule has 1 saturated heterocycles. The standard InChI is InChI=1S/C21H28N2O3/c1-3-4-5-14-6-7-15-13-20(10-8-16(26-2)9-11-20)21(17(15)12-14)18(24)22-19(25)23-21/h6-7,12,16H,3-5,8-11,13H2,1-2H3,(H2,22,23,24,25). The third-order valence-electron chi connectivity index (χ3n) is 6.81.